The highest BCUT2D eigenvalue weighted by atomic mass is 19.1. The van der Waals surface area contributed by atoms with Crippen molar-refractivity contribution >= 4 is 5.82 Å². The van der Waals surface area contributed by atoms with Gasteiger partial charge in [-0.05, 0) is 6.07 Å². The fourth-order valence-electron chi connectivity index (χ4n) is 2.17. The van der Waals surface area contributed by atoms with Crippen LogP contribution in [0.2, 0.25) is 0 Å². The Morgan fingerprint density at radius 3 is 2.90 bits per heavy atom. The van der Waals surface area contributed by atoms with E-state index in [1.165, 1.54) is 12.3 Å². The third-order valence-corrected chi connectivity index (χ3v) is 3.35. The number of ether oxygens (including phenoxy) is 1. The molecule has 2 heterocycles. The summed E-state index contributed by atoms with van der Waals surface area (Å²) in [5.41, 5.74) is 2.79. The molecule has 7 nitrogen and oxygen atoms in total. The second-order valence-electron chi connectivity index (χ2n) is 4.54. The molecule has 0 aromatic carbocycles. The molecule has 0 radical (unpaired) electrons. The van der Waals surface area contributed by atoms with E-state index in [1.807, 2.05) is 0 Å². The number of hydrogen-bond acceptors (Lipinski definition) is 6. The third kappa shape index (κ3) is 2.06. The Morgan fingerprint density at radius 1 is 1.70 bits per heavy atom. The number of anilines is 1. The first-order valence-electron chi connectivity index (χ1n) is 5.82. The standard InChI is InChI=1S/C12H14FN3O4/c1-2-7-9(18)12(5-13,6-17)20-10(7)16-4-3-8(14)15-11(16)19/h1,3-4,7,9-10,17-18H,5-6H2,(H2,14,15,19)/t7-,9-,10+,12+/m0/s1. The number of nitrogen functional groups attached to an aromatic ring is 1. The van der Waals surface area contributed by atoms with Gasteiger partial charge in [0.15, 0.2) is 6.23 Å². The monoisotopic (exact) mass is 283 g/mol. The lowest BCUT2D eigenvalue weighted by molar-refractivity contribution is -0.138. The quantitative estimate of drug-likeness (QED) is 0.592. The first-order valence-corrected chi connectivity index (χ1v) is 5.82. The SMILES string of the molecule is C#C[C@@H]1[C@H](n2ccc(N)nc2=O)O[C@@](CO)(CF)[C@H]1O. The van der Waals surface area contributed by atoms with Crippen LogP contribution in [0.4, 0.5) is 10.2 Å². The van der Waals surface area contributed by atoms with E-state index in [-0.39, 0.29) is 5.82 Å². The van der Waals surface area contributed by atoms with Gasteiger partial charge >= 0.3 is 5.69 Å². The molecule has 0 unspecified atom stereocenters. The van der Waals surface area contributed by atoms with E-state index >= 15 is 0 Å². The molecule has 8 heteroatoms. The molecule has 1 aliphatic rings. The zero-order valence-electron chi connectivity index (χ0n) is 10.4. The zero-order chi connectivity index (χ0) is 14.9. The second-order valence-corrected chi connectivity index (χ2v) is 4.54. The van der Waals surface area contributed by atoms with Gasteiger partial charge in [-0.15, -0.1) is 6.42 Å². The third-order valence-electron chi connectivity index (χ3n) is 3.35. The molecule has 0 spiro atoms. The summed E-state index contributed by atoms with van der Waals surface area (Å²) < 4.78 is 19.5. The normalized spacial score (nSPS) is 33.0. The van der Waals surface area contributed by atoms with Crippen molar-refractivity contribution in [1.82, 2.24) is 9.55 Å². The van der Waals surface area contributed by atoms with Crippen molar-refractivity contribution in [3.63, 3.8) is 0 Å². The molecule has 20 heavy (non-hydrogen) atoms. The molecule has 0 aliphatic carbocycles. The Morgan fingerprint density at radius 2 is 2.40 bits per heavy atom. The molecule has 4 atom stereocenters. The molecular formula is C12H14FN3O4. The molecule has 4 N–H and O–H groups in total. The van der Waals surface area contributed by atoms with Crippen molar-refractivity contribution in [1.29, 1.82) is 0 Å². The molecule has 0 bridgehead atoms. The summed E-state index contributed by atoms with van der Waals surface area (Å²) in [6, 6.07) is 1.35. The largest absolute Gasteiger partial charge is 0.393 e. The lowest BCUT2D eigenvalue weighted by Crippen LogP contribution is -2.46. The lowest BCUT2D eigenvalue weighted by Gasteiger charge is -2.26. The van der Waals surface area contributed by atoms with E-state index in [4.69, 9.17) is 16.9 Å². The highest BCUT2D eigenvalue weighted by molar-refractivity contribution is 5.24. The summed E-state index contributed by atoms with van der Waals surface area (Å²) in [5.74, 6) is 1.27. The van der Waals surface area contributed by atoms with Crippen LogP contribution in [0.25, 0.3) is 0 Å². The average Bonchev–Trinajstić information content (AvgIpc) is 2.71. The van der Waals surface area contributed by atoms with Crippen LogP contribution in [-0.4, -0.2) is 44.8 Å². The van der Waals surface area contributed by atoms with Crippen molar-refractivity contribution in [2.24, 2.45) is 5.92 Å². The minimum atomic E-state index is -1.84. The number of alkyl halides is 1. The molecule has 0 amide bonds. The number of terminal acetylenes is 1. The van der Waals surface area contributed by atoms with Gasteiger partial charge in [-0.2, -0.15) is 4.98 Å². The number of hydrogen-bond donors (Lipinski definition) is 3. The van der Waals surface area contributed by atoms with Crippen molar-refractivity contribution in [2.45, 2.75) is 17.9 Å². The first-order chi connectivity index (χ1) is 9.49. The molecule has 1 aliphatic heterocycles. The molecule has 1 aromatic heterocycles. The van der Waals surface area contributed by atoms with Gasteiger partial charge < -0.3 is 20.7 Å². The van der Waals surface area contributed by atoms with Gasteiger partial charge in [-0.3, -0.25) is 4.57 Å². The fourth-order valence-corrected chi connectivity index (χ4v) is 2.17. The van der Waals surface area contributed by atoms with Gasteiger partial charge in [0.05, 0.1) is 12.5 Å². The van der Waals surface area contributed by atoms with Crippen LogP contribution >= 0.6 is 0 Å². The van der Waals surface area contributed by atoms with Crippen LogP contribution in [0, 0.1) is 18.3 Å². The smallest absolute Gasteiger partial charge is 0.351 e. The van der Waals surface area contributed by atoms with Crippen molar-refractivity contribution in [3.8, 4) is 12.3 Å². The number of aliphatic hydroxyl groups excluding tert-OH is 2. The number of aliphatic hydroxyl groups is 2. The van der Waals surface area contributed by atoms with Crippen LogP contribution in [0.3, 0.4) is 0 Å². The molecule has 0 saturated carbocycles. The number of halogens is 1. The van der Waals surface area contributed by atoms with Gasteiger partial charge in [0.25, 0.3) is 0 Å². The Labute approximate surface area is 113 Å². The number of nitrogens with zero attached hydrogens (tertiary/aromatic N) is 2. The van der Waals surface area contributed by atoms with E-state index in [1.54, 1.807) is 0 Å². The summed E-state index contributed by atoms with van der Waals surface area (Å²) >= 11 is 0. The maximum absolute atomic E-state index is 13.1. The highest BCUT2D eigenvalue weighted by Crippen LogP contribution is 2.40. The number of rotatable bonds is 3. The zero-order valence-corrected chi connectivity index (χ0v) is 10.4. The first kappa shape index (κ1) is 14.5. The van der Waals surface area contributed by atoms with Crippen molar-refractivity contribution in [3.05, 3.63) is 22.7 Å². The Kier molecular flexibility index (Phi) is 3.76. The van der Waals surface area contributed by atoms with Gasteiger partial charge in [0.2, 0.25) is 0 Å². The molecule has 1 saturated heterocycles. The summed E-state index contributed by atoms with van der Waals surface area (Å²) in [6.45, 7) is -1.91. The maximum Gasteiger partial charge on any atom is 0.351 e. The molecular weight excluding hydrogens is 269 g/mol. The van der Waals surface area contributed by atoms with Crippen LogP contribution < -0.4 is 11.4 Å². The van der Waals surface area contributed by atoms with Crippen LogP contribution in [0.1, 0.15) is 6.23 Å². The van der Waals surface area contributed by atoms with E-state index in [9.17, 15) is 19.4 Å². The van der Waals surface area contributed by atoms with E-state index in [0.717, 1.165) is 4.57 Å². The van der Waals surface area contributed by atoms with Gasteiger partial charge in [-0.25, -0.2) is 9.18 Å². The van der Waals surface area contributed by atoms with Gasteiger partial charge in [-0.1, -0.05) is 5.92 Å². The molecule has 108 valence electrons. The number of nitrogens with two attached hydrogens (primary N) is 1. The summed E-state index contributed by atoms with van der Waals surface area (Å²) in [6.07, 6.45) is 4.02. The van der Waals surface area contributed by atoms with E-state index in [0.29, 0.717) is 0 Å². The van der Waals surface area contributed by atoms with E-state index in [2.05, 4.69) is 10.9 Å². The van der Waals surface area contributed by atoms with E-state index < -0.39 is 42.8 Å². The lowest BCUT2D eigenvalue weighted by atomic mass is 9.91. The summed E-state index contributed by atoms with van der Waals surface area (Å²) in [4.78, 5) is 15.3. The maximum atomic E-state index is 13.1. The highest BCUT2D eigenvalue weighted by Gasteiger charge is 2.55. The van der Waals surface area contributed by atoms with Gasteiger partial charge in [0, 0.05) is 6.20 Å². The van der Waals surface area contributed by atoms with Crippen molar-refractivity contribution < 1.29 is 19.3 Å². The summed E-state index contributed by atoms with van der Waals surface area (Å²) in [5, 5.41) is 19.3. The van der Waals surface area contributed by atoms with Crippen LogP contribution in [0.15, 0.2) is 17.1 Å². The molecule has 1 aromatic rings. The Balaban J connectivity index is 2.47. The topological polar surface area (TPSA) is 111 Å². The van der Waals surface area contributed by atoms with Crippen LogP contribution in [-0.2, 0) is 4.74 Å². The Bertz CT molecular complexity index is 593. The Hall–Kier alpha value is -1.95. The average molecular weight is 283 g/mol. The fraction of sp³-hybridized carbons (Fsp3) is 0.500. The molecule has 1 fully saturated rings. The van der Waals surface area contributed by atoms with Crippen LogP contribution in [0.5, 0.6) is 0 Å². The predicted molar refractivity (Wildman–Crippen MR) is 67.2 cm³/mol. The minimum Gasteiger partial charge on any atom is -0.393 e. The van der Waals surface area contributed by atoms with Gasteiger partial charge in [0.1, 0.15) is 24.2 Å². The predicted octanol–water partition coefficient (Wildman–Crippen LogP) is -1.33. The minimum absolute atomic E-state index is 0.0148. The molecule has 2 rings (SSSR count). The van der Waals surface area contributed by atoms with Crippen molar-refractivity contribution in [2.75, 3.05) is 19.0 Å². The number of aromatic nitrogens is 2. The summed E-state index contributed by atoms with van der Waals surface area (Å²) in [7, 11) is 0. The second kappa shape index (κ2) is 5.20.